The van der Waals surface area contributed by atoms with E-state index in [2.05, 4.69) is 47.7 Å². The molecule has 11 rings (SSSR count). The monoisotopic (exact) mass is 1700 g/mol. The number of allylic oxidation sites excluding steroid dienone is 2. The van der Waals surface area contributed by atoms with Gasteiger partial charge in [-0.2, -0.15) is 13.2 Å². The molecular weight excluding hydrogens is 1590 g/mol. The minimum absolute atomic E-state index is 0.00897. The Labute approximate surface area is 707 Å². The van der Waals surface area contributed by atoms with Crippen molar-refractivity contribution in [2.24, 2.45) is 11.8 Å². The fourth-order valence-corrected chi connectivity index (χ4v) is 15.8. The number of amides is 8. The summed E-state index contributed by atoms with van der Waals surface area (Å²) in [6.45, 7) is 6.36. The zero-order valence-corrected chi connectivity index (χ0v) is 70.4. The number of aliphatic carboxylic acids is 1. The van der Waals surface area contributed by atoms with Crippen molar-refractivity contribution >= 4 is 87.3 Å². The number of rotatable bonds is 16. The van der Waals surface area contributed by atoms with Gasteiger partial charge in [0.25, 0.3) is 0 Å². The fraction of sp³-hybridized carbons (Fsp3) is 0.539. The summed E-state index contributed by atoms with van der Waals surface area (Å²) in [5.74, 6) is -12.9. The van der Waals surface area contributed by atoms with Crippen LogP contribution in [0.5, 0.6) is 5.75 Å². The molecule has 2 fully saturated rings. The Bertz CT molecular complexity index is 4570. The standard InChI is InChI=1S/C87H113FN10O17.C2HF3O2/c1-56-81(106)91-71-47-61-16-12-17-62(45-61)52-89-77(104)55-115-75-33-39-96-80(75)84(109)93-79(57(2)99)83(108)92-72(46-59-23-29-69(112-7)30-24-59)86(111)97-38-14-35-87(97,3)76(103)18-13-15-58-19-21-60(22-20-58)53-95(37-11-9-8-10-36-94-54-65(48-64(85(96)110)50-74(71)102)70-51-66(88)26-31-73(70)94)78(105)32-28-68(101)49-63(82(107)90-56)25-27-67(100)34-41-113-43-44-114-42-40-98(4,5)6;3-2(4,5)1(6)7/h8,10,12,16-17,19-24,26,29-31,45,51,54,56-57,63-64,71-72,75,79-80,99H,9,11,13-15,18,25,27-28,32-44,46-50,52-53,55H2,1-7H3,(H4-,89,90,91,92,93,104,106,107,108,109);(H,6,7)/p+1/t56-,57-,63-,64-,71+,72+,75+,79+,80+,87+;/m1./s1. The number of quaternary nitrogens is 1. The number of benzene rings is 4. The van der Waals surface area contributed by atoms with Crippen molar-refractivity contribution in [3.05, 3.63) is 149 Å². The van der Waals surface area contributed by atoms with Crippen LogP contribution in [0.4, 0.5) is 17.6 Å². The summed E-state index contributed by atoms with van der Waals surface area (Å²) in [7, 11) is 7.67. The molecule has 1 aromatic heterocycles. The number of aliphatic hydroxyl groups excluding tert-OH is 1. The molecule has 122 heavy (non-hydrogen) atoms. The maximum atomic E-state index is 16.2. The lowest BCUT2D eigenvalue weighted by atomic mass is 9.88. The van der Waals surface area contributed by atoms with Crippen molar-refractivity contribution in [1.82, 2.24) is 45.9 Å². The van der Waals surface area contributed by atoms with Gasteiger partial charge < -0.3 is 79.5 Å². The number of hydrogen-bond acceptors (Lipinski definition) is 18. The Balaban J connectivity index is 0.00000231. The minimum atomic E-state index is -5.08. The molecule has 662 valence electrons. The first-order valence-electron chi connectivity index (χ1n) is 41.7. The van der Waals surface area contributed by atoms with Crippen molar-refractivity contribution in [2.75, 3.05) is 87.5 Å². The molecule has 0 radical (unpaired) electrons. The Morgan fingerprint density at radius 2 is 1.43 bits per heavy atom. The molecule has 0 spiro atoms. The van der Waals surface area contributed by atoms with E-state index < -0.39 is 144 Å². The smallest absolute Gasteiger partial charge is 0.490 e. The first kappa shape index (κ1) is 95.2. The average molecular weight is 1700 g/mol. The van der Waals surface area contributed by atoms with Crippen LogP contribution >= 0.6 is 0 Å². The van der Waals surface area contributed by atoms with Gasteiger partial charge in [-0.1, -0.05) is 72.8 Å². The topological polar surface area (TPSA) is 374 Å². The van der Waals surface area contributed by atoms with Crippen LogP contribution in [-0.2, 0) is 122 Å². The highest BCUT2D eigenvalue weighted by molar-refractivity contribution is 6.00. The fourth-order valence-electron chi connectivity index (χ4n) is 15.8. The summed E-state index contributed by atoms with van der Waals surface area (Å²) < 4.78 is 73.3. The number of alkyl halides is 3. The molecule has 0 aliphatic carbocycles. The summed E-state index contributed by atoms with van der Waals surface area (Å²) >= 11 is 0. The SMILES string of the molecule is COc1ccc(C[C@@H]2NC(=O)[C@H]([C@@H](C)O)NC(=O)[C@@H]3[C@@H]4CCN3C(=O)[C@H]3CC(=O)[C@H](Cc5cccc(c5)CNC(=O)CO4)NC(=O)[C@@H](C)NC(=O)[C@H](CCC(=O)CCOCCOCC[N+](C)(C)C)CC(=O)CCC(=O)N(CCCC=CCn4cc(c5cc(F)ccc54)C3)Cc3ccc(cc3)CCCC(=O)[C@]3(C)CCCN3C2=O)cc1.O=C(O)C(F)(F)F. The quantitative estimate of drug-likeness (QED) is 0.0240. The molecule has 6 aliphatic rings. The Morgan fingerprint density at radius 3 is 2.13 bits per heavy atom. The Hall–Kier alpha value is -10.6. The number of aryl methyl sites for hydroxylation is 1. The molecular formula is C89H115F4N10O19+. The number of ketones is 4. The number of nitrogens with zero attached hydrogens (tertiary/aromatic N) is 5. The first-order valence-corrected chi connectivity index (χ1v) is 41.7. The summed E-state index contributed by atoms with van der Waals surface area (Å²) in [6, 6.07) is 17.9. The van der Waals surface area contributed by atoms with Gasteiger partial charge in [-0.25, -0.2) is 9.18 Å². The van der Waals surface area contributed by atoms with E-state index in [0.29, 0.717) is 90.6 Å². The molecule has 0 unspecified atom stereocenters. The minimum Gasteiger partial charge on any atom is -0.497 e. The number of aliphatic hydroxyl groups is 1. The number of hydrogen-bond donors (Lipinski definition) is 7. The van der Waals surface area contributed by atoms with E-state index in [9.17, 15) is 51.8 Å². The lowest BCUT2D eigenvalue weighted by molar-refractivity contribution is -0.870. The van der Waals surface area contributed by atoms with E-state index in [4.69, 9.17) is 28.8 Å². The normalized spacial score (nSPS) is 23.9. The number of likely N-dealkylation sites (N-methyl/N-ethyl adjacent to an activating group) is 1. The molecule has 29 nitrogen and oxygen atoms in total. The number of aromatic nitrogens is 1. The van der Waals surface area contributed by atoms with Gasteiger partial charge in [0.1, 0.15) is 60.5 Å². The van der Waals surface area contributed by atoms with Gasteiger partial charge in [0, 0.05) is 120 Å². The summed E-state index contributed by atoms with van der Waals surface area (Å²) in [6.07, 6.45) is -1.94. The van der Waals surface area contributed by atoms with Gasteiger partial charge in [0.2, 0.25) is 47.3 Å². The van der Waals surface area contributed by atoms with Crippen molar-refractivity contribution in [3.63, 3.8) is 0 Å². The summed E-state index contributed by atoms with van der Waals surface area (Å²) in [4.78, 5) is 192. The van der Waals surface area contributed by atoms with Crippen LogP contribution in [0.25, 0.3) is 10.9 Å². The number of fused-ring (bicyclic) bond motifs is 16. The van der Waals surface area contributed by atoms with E-state index in [1.54, 1.807) is 72.6 Å². The van der Waals surface area contributed by atoms with Gasteiger partial charge in [-0.15, -0.1) is 0 Å². The van der Waals surface area contributed by atoms with Crippen LogP contribution in [-0.4, -0.2) is 252 Å². The number of carboxylic acids is 1. The molecule has 33 heteroatoms. The molecule has 4 aromatic carbocycles. The molecule has 2 saturated heterocycles. The van der Waals surface area contributed by atoms with Crippen molar-refractivity contribution < 1.29 is 114 Å². The van der Waals surface area contributed by atoms with Crippen LogP contribution in [0.15, 0.2) is 109 Å². The highest BCUT2D eigenvalue weighted by Gasteiger charge is 2.50. The highest BCUT2D eigenvalue weighted by Crippen LogP contribution is 2.35. The van der Waals surface area contributed by atoms with Crippen molar-refractivity contribution in [2.45, 2.75) is 210 Å². The third-order valence-electron chi connectivity index (χ3n) is 22.8. The van der Waals surface area contributed by atoms with Crippen LogP contribution < -0.4 is 31.3 Å². The van der Waals surface area contributed by atoms with Crippen LogP contribution in [0.1, 0.15) is 144 Å². The van der Waals surface area contributed by atoms with Crippen LogP contribution in [0.3, 0.4) is 0 Å². The number of Topliss-reactive ketones (excluding diaryl/α,β-unsaturated/α-hetero) is 4. The molecule has 7 N–H and O–H groups in total. The summed E-state index contributed by atoms with van der Waals surface area (Å²) in [5.41, 5.74) is 3.09. The number of halogens is 4. The number of carbonyl (C=O) groups excluding carboxylic acids is 12. The van der Waals surface area contributed by atoms with Gasteiger partial charge in [0.15, 0.2) is 11.6 Å². The molecule has 6 aliphatic heterocycles. The molecule has 0 saturated carbocycles. The highest BCUT2D eigenvalue weighted by atomic mass is 19.4. The van der Waals surface area contributed by atoms with E-state index in [0.717, 1.165) is 22.2 Å². The van der Waals surface area contributed by atoms with Crippen LogP contribution in [0, 0.1) is 17.7 Å². The van der Waals surface area contributed by atoms with Crippen molar-refractivity contribution in [3.8, 4) is 5.75 Å². The lowest BCUT2D eigenvalue weighted by Crippen LogP contribution is -2.62. The van der Waals surface area contributed by atoms with E-state index in [1.807, 2.05) is 41.0 Å². The molecule has 10 atom stereocenters. The van der Waals surface area contributed by atoms with E-state index in [-0.39, 0.29) is 141 Å². The van der Waals surface area contributed by atoms with E-state index in [1.165, 1.54) is 42.9 Å². The second-order valence-electron chi connectivity index (χ2n) is 33.3. The molecule has 12 bridgehead atoms. The largest absolute Gasteiger partial charge is 0.497 e. The van der Waals surface area contributed by atoms with Gasteiger partial charge in [0.05, 0.1) is 78.5 Å². The van der Waals surface area contributed by atoms with E-state index >= 15 is 28.4 Å². The molecule has 7 heterocycles. The zero-order valence-electron chi connectivity index (χ0n) is 70.4. The van der Waals surface area contributed by atoms with Gasteiger partial charge in [-0.3, -0.25) is 57.5 Å². The third kappa shape index (κ3) is 27.7. The molecule has 8 amide bonds. The van der Waals surface area contributed by atoms with Gasteiger partial charge in [-0.05, 0) is 149 Å². The third-order valence-corrected chi connectivity index (χ3v) is 22.8. The number of carboxylic acid groups (broad SMARTS) is 1. The maximum Gasteiger partial charge on any atom is 0.490 e. The predicted octanol–water partition coefficient (Wildman–Crippen LogP) is 6.48. The summed E-state index contributed by atoms with van der Waals surface area (Å²) in [5, 5.41) is 33.1. The Kier molecular flexibility index (Phi) is 34.7. The number of nitrogens with one attached hydrogen (secondary N) is 5. The van der Waals surface area contributed by atoms with Crippen molar-refractivity contribution in [1.29, 1.82) is 0 Å². The number of ether oxygens (including phenoxy) is 4. The van der Waals surface area contributed by atoms with Crippen LogP contribution in [0.2, 0.25) is 0 Å². The van der Waals surface area contributed by atoms with Gasteiger partial charge >= 0.3 is 12.1 Å². The Morgan fingerprint density at radius 1 is 0.713 bits per heavy atom. The maximum absolute atomic E-state index is 16.2. The zero-order chi connectivity index (χ0) is 88.6. The lowest BCUT2D eigenvalue weighted by Gasteiger charge is -2.37. The number of methoxy groups -OCH3 is 1. The number of carbonyl (C=O) groups is 13. The second kappa shape index (κ2) is 44.4. The molecule has 5 aromatic rings. The predicted molar refractivity (Wildman–Crippen MR) is 439 cm³/mol. The average Bonchev–Trinajstić information content (AvgIpc) is 1.62. The second-order valence-corrected chi connectivity index (χ2v) is 33.3. The first-order chi connectivity index (χ1) is 58.0.